The third-order valence-corrected chi connectivity index (χ3v) is 8.75. The second-order valence-electron chi connectivity index (χ2n) is 14.3. The van der Waals surface area contributed by atoms with E-state index in [1.165, 1.54) is 11.1 Å². The molecule has 196 valence electrons. The molecule has 2 rings (SSSR count). The number of hydrogen-bond donors (Lipinski definition) is 2. The number of benzene rings is 2. The SMILES string of the molecule is CC(C)(Sc1cc(C(C)(C)C)cc(C(C)(C)C)c1O)Sc1cc(C(C)(C)C)cc(C(C)(C)C)c1O. The number of aromatic hydroxyl groups is 2. The lowest BCUT2D eigenvalue weighted by Crippen LogP contribution is -2.18. The van der Waals surface area contributed by atoms with Gasteiger partial charge < -0.3 is 10.2 Å². The van der Waals surface area contributed by atoms with E-state index in [-0.39, 0.29) is 25.7 Å². The van der Waals surface area contributed by atoms with Gasteiger partial charge in [0, 0.05) is 11.1 Å². The van der Waals surface area contributed by atoms with Crippen molar-refractivity contribution < 1.29 is 10.2 Å². The van der Waals surface area contributed by atoms with Gasteiger partial charge in [-0.2, -0.15) is 0 Å². The van der Waals surface area contributed by atoms with Crippen LogP contribution in [-0.2, 0) is 21.7 Å². The number of phenolic OH excluding ortho intramolecular Hbond substituents is 2. The predicted octanol–water partition coefficient (Wildman–Crippen LogP) is 9.91. The Hall–Kier alpha value is -1.26. The number of hydrogen-bond acceptors (Lipinski definition) is 4. The van der Waals surface area contributed by atoms with E-state index in [1.54, 1.807) is 23.5 Å². The molecule has 2 aromatic carbocycles. The third-order valence-electron chi connectivity index (χ3n) is 6.21. The van der Waals surface area contributed by atoms with Gasteiger partial charge >= 0.3 is 0 Å². The van der Waals surface area contributed by atoms with Crippen LogP contribution in [0.1, 0.15) is 119 Å². The van der Waals surface area contributed by atoms with Crippen LogP contribution < -0.4 is 0 Å². The van der Waals surface area contributed by atoms with Crippen molar-refractivity contribution in [3.05, 3.63) is 46.5 Å². The van der Waals surface area contributed by atoms with Crippen LogP contribution in [0, 0.1) is 0 Å². The van der Waals surface area contributed by atoms with E-state index < -0.39 is 0 Å². The Morgan fingerprint density at radius 3 is 0.971 bits per heavy atom. The molecule has 35 heavy (non-hydrogen) atoms. The van der Waals surface area contributed by atoms with E-state index in [2.05, 4.69) is 121 Å². The molecule has 0 spiro atoms. The highest BCUT2D eigenvalue weighted by molar-refractivity contribution is 8.18. The first-order valence-corrected chi connectivity index (χ1v) is 14.2. The van der Waals surface area contributed by atoms with E-state index in [0.29, 0.717) is 11.5 Å². The van der Waals surface area contributed by atoms with Gasteiger partial charge in [-0.25, -0.2) is 0 Å². The fourth-order valence-corrected chi connectivity index (χ4v) is 6.48. The molecule has 0 aliphatic carbocycles. The Kier molecular flexibility index (Phi) is 8.18. The summed E-state index contributed by atoms with van der Waals surface area (Å²) in [7, 11) is 0. The van der Waals surface area contributed by atoms with Crippen LogP contribution in [0.15, 0.2) is 34.1 Å². The second kappa shape index (κ2) is 9.56. The molecule has 2 aromatic rings. The summed E-state index contributed by atoms with van der Waals surface area (Å²) in [6.45, 7) is 30.5. The third kappa shape index (κ3) is 7.38. The summed E-state index contributed by atoms with van der Waals surface area (Å²) >= 11 is 3.33. The van der Waals surface area contributed by atoms with Crippen molar-refractivity contribution in [1.29, 1.82) is 0 Å². The molecular weight excluding hydrogens is 468 g/mol. The lowest BCUT2D eigenvalue weighted by molar-refractivity contribution is 0.431. The van der Waals surface area contributed by atoms with E-state index in [9.17, 15) is 10.2 Å². The monoisotopic (exact) mass is 516 g/mol. The quantitative estimate of drug-likeness (QED) is 0.313. The molecule has 0 atom stereocenters. The Morgan fingerprint density at radius 2 is 0.743 bits per heavy atom. The molecule has 0 aliphatic heterocycles. The molecule has 0 radical (unpaired) electrons. The molecular formula is C31H48O2S2. The summed E-state index contributed by atoms with van der Waals surface area (Å²) < 4.78 is -0.327. The van der Waals surface area contributed by atoms with Gasteiger partial charge in [0.05, 0.1) is 13.9 Å². The number of phenols is 2. The zero-order valence-corrected chi connectivity index (χ0v) is 26.2. The highest BCUT2D eigenvalue weighted by Crippen LogP contribution is 2.53. The first-order valence-electron chi connectivity index (χ1n) is 12.6. The predicted molar refractivity (Wildman–Crippen MR) is 157 cm³/mol. The van der Waals surface area contributed by atoms with Gasteiger partial charge in [-0.05, 0) is 58.8 Å². The molecule has 0 aliphatic rings. The van der Waals surface area contributed by atoms with E-state index >= 15 is 0 Å². The van der Waals surface area contributed by atoms with Gasteiger partial charge in [0.1, 0.15) is 11.5 Å². The fourth-order valence-electron chi connectivity index (χ4n) is 3.93. The summed E-state index contributed by atoms with van der Waals surface area (Å²) in [5.41, 5.74) is 3.99. The van der Waals surface area contributed by atoms with E-state index in [4.69, 9.17) is 0 Å². The summed E-state index contributed by atoms with van der Waals surface area (Å²) in [5, 5.41) is 22.6. The van der Waals surface area contributed by atoms with Crippen LogP contribution in [0.3, 0.4) is 0 Å². The average Bonchev–Trinajstić information content (AvgIpc) is 2.60. The number of thioether (sulfide) groups is 2. The van der Waals surface area contributed by atoms with Gasteiger partial charge in [-0.3, -0.25) is 0 Å². The van der Waals surface area contributed by atoms with Crippen molar-refractivity contribution >= 4 is 23.5 Å². The van der Waals surface area contributed by atoms with Crippen molar-refractivity contribution in [3.63, 3.8) is 0 Å². The molecule has 0 fully saturated rings. The molecule has 0 aromatic heterocycles. The van der Waals surface area contributed by atoms with Gasteiger partial charge in [-0.15, -0.1) is 23.5 Å². The van der Waals surface area contributed by atoms with Gasteiger partial charge in [0.25, 0.3) is 0 Å². The van der Waals surface area contributed by atoms with E-state index in [1.807, 2.05) is 0 Å². The molecule has 0 bridgehead atoms. The zero-order chi connectivity index (χ0) is 27.4. The van der Waals surface area contributed by atoms with Crippen LogP contribution in [0.25, 0.3) is 0 Å². The lowest BCUT2D eigenvalue weighted by atomic mass is 9.80. The smallest absolute Gasteiger partial charge is 0.132 e. The topological polar surface area (TPSA) is 40.5 Å². The molecule has 2 nitrogen and oxygen atoms in total. The van der Waals surface area contributed by atoms with Gasteiger partial charge in [-0.1, -0.05) is 95.2 Å². The Morgan fingerprint density at radius 1 is 0.457 bits per heavy atom. The van der Waals surface area contributed by atoms with Crippen molar-refractivity contribution in [2.45, 2.75) is 132 Å². The van der Waals surface area contributed by atoms with Crippen molar-refractivity contribution in [2.75, 3.05) is 0 Å². The molecule has 0 heterocycles. The zero-order valence-electron chi connectivity index (χ0n) is 24.5. The fraction of sp³-hybridized carbons (Fsp3) is 0.613. The largest absolute Gasteiger partial charge is 0.506 e. The summed E-state index contributed by atoms with van der Waals surface area (Å²) in [4.78, 5) is 1.78. The molecule has 0 saturated heterocycles. The van der Waals surface area contributed by atoms with Crippen LogP contribution in [-0.4, -0.2) is 14.3 Å². The highest BCUT2D eigenvalue weighted by atomic mass is 32.2. The maximum atomic E-state index is 11.3. The minimum Gasteiger partial charge on any atom is -0.506 e. The summed E-state index contributed by atoms with van der Waals surface area (Å²) in [5.74, 6) is 0.736. The molecule has 0 amide bonds. The van der Waals surface area contributed by atoms with Crippen molar-refractivity contribution in [3.8, 4) is 11.5 Å². The summed E-state index contributed by atoms with van der Waals surface area (Å²) in [6, 6.07) is 8.61. The van der Waals surface area contributed by atoms with Crippen molar-refractivity contribution in [1.82, 2.24) is 0 Å². The average molecular weight is 517 g/mol. The molecule has 0 saturated carbocycles. The lowest BCUT2D eigenvalue weighted by Gasteiger charge is -2.31. The molecule has 0 unspecified atom stereocenters. The Bertz CT molecular complexity index is 984. The minimum absolute atomic E-state index is 0.0266. The minimum atomic E-state index is -0.327. The first-order chi connectivity index (χ1) is 15.4. The van der Waals surface area contributed by atoms with Crippen LogP contribution in [0.4, 0.5) is 0 Å². The van der Waals surface area contributed by atoms with Crippen LogP contribution in [0.2, 0.25) is 0 Å². The Balaban J connectivity index is 2.61. The maximum absolute atomic E-state index is 11.3. The van der Waals surface area contributed by atoms with Crippen molar-refractivity contribution in [2.24, 2.45) is 0 Å². The van der Waals surface area contributed by atoms with Crippen LogP contribution >= 0.6 is 23.5 Å². The second-order valence-corrected chi connectivity index (χ2v) is 17.9. The highest BCUT2D eigenvalue weighted by Gasteiger charge is 2.32. The summed E-state index contributed by atoms with van der Waals surface area (Å²) in [6.07, 6.45) is 0. The normalized spacial score (nSPS) is 13.9. The van der Waals surface area contributed by atoms with E-state index in [0.717, 1.165) is 20.9 Å². The maximum Gasteiger partial charge on any atom is 0.132 e. The van der Waals surface area contributed by atoms with Gasteiger partial charge in [0.15, 0.2) is 0 Å². The standard InChI is InChI=1S/C31H48O2S2/c1-27(2,3)19-15-21(29(7,8)9)25(32)23(17-19)34-31(13,14)35-24-18-20(28(4,5)6)16-22(26(24)33)30(10,11)12/h15-18,32-33H,1-14H3. The first kappa shape index (κ1) is 30.0. The van der Waals surface area contributed by atoms with Gasteiger partial charge in [0.2, 0.25) is 0 Å². The molecule has 4 heteroatoms. The Labute approximate surface area is 223 Å². The molecule has 2 N–H and O–H groups in total. The number of rotatable bonds is 4. The van der Waals surface area contributed by atoms with Crippen LogP contribution in [0.5, 0.6) is 11.5 Å².